The first-order valence-electron chi connectivity index (χ1n) is 6.91. The average molecular weight is 478 g/mol. The van der Waals surface area contributed by atoms with Crippen LogP contribution in [0, 0.1) is 0 Å². The second kappa shape index (κ2) is 8.68. The van der Waals surface area contributed by atoms with Crippen molar-refractivity contribution in [3.05, 3.63) is 56.0 Å². The van der Waals surface area contributed by atoms with Crippen LogP contribution < -0.4 is 15.4 Å². The van der Waals surface area contributed by atoms with Gasteiger partial charge in [0.15, 0.2) is 5.11 Å². The Morgan fingerprint density at radius 1 is 1.15 bits per heavy atom. The van der Waals surface area contributed by atoms with Crippen LogP contribution >= 0.6 is 51.3 Å². The molecule has 0 radical (unpaired) electrons. The van der Waals surface area contributed by atoms with E-state index >= 15 is 0 Å². The number of anilines is 1. The molecule has 2 rings (SSSR count). The van der Waals surface area contributed by atoms with Crippen LogP contribution in [0.5, 0.6) is 5.75 Å². The highest BCUT2D eigenvalue weighted by Gasteiger charge is 2.17. The van der Waals surface area contributed by atoms with Crippen molar-refractivity contribution in [3.8, 4) is 5.75 Å². The molecule has 136 valence electrons. The Labute approximate surface area is 172 Å². The van der Waals surface area contributed by atoms with E-state index in [-0.39, 0.29) is 32.0 Å². The number of carboxylic acids is 1. The van der Waals surface area contributed by atoms with Crippen molar-refractivity contribution in [2.75, 3.05) is 12.4 Å². The van der Waals surface area contributed by atoms with E-state index in [2.05, 4.69) is 26.6 Å². The fourth-order valence-corrected chi connectivity index (χ4v) is 3.07. The zero-order valence-corrected chi connectivity index (χ0v) is 17.0. The number of halogens is 3. The van der Waals surface area contributed by atoms with Gasteiger partial charge in [0.05, 0.1) is 34.0 Å². The molecule has 0 spiro atoms. The van der Waals surface area contributed by atoms with E-state index in [4.69, 9.17) is 45.3 Å². The molecule has 0 heterocycles. The summed E-state index contributed by atoms with van der Waals surface area (Å²) in [7, 11) is 1.44. The summed E-state index contributed by atoms with van der Waals surface area (Å²) in [5.74, 6) is -1.36. The molecule has 0 unspecified atom stereocenters. The monoisotopic (exact) mass is 476 g/mol. The number of carbonyl (C=O) groups excluding carboxylic acids is 1. The van der Waals surface area contributed by atoms with Crippen LogP contribution in [0.4, 0.5) is 5.69 Å². The second-order valence-corrected chi connectivity index (χ2v) is 7.01. The van der Waals surface area contributed by atoms with Crippen LogP contribution in [0.3, 0.4) is 0 Å². The number of hydrogen-bond donors (Lipinski definition) is 3. The molecule has 10 heteroatoms. The number of carboxylic acid groups (broad SMARTS) is 1. The summed E-state index contributed by atoms with van der Waals surface area (Å²) in [5.41, 5.74) is 0.306. The van der Waals surface area contributed by atoms with Crippen molar-refractivity contribution in [1.29, 1.82) is 0 Å². The largest absolute Gasteiger partial charge is 0.496 e. The van der Waals surface area contributed by atoms with Crippen molar-refractivity contribution in [2.45, 2.75) is 0 Å². The minimum Gasteiger partial charge on any atom is -0.496 e. The smallest absolute Gasteiger partial charge is 0.337 e. The Morgan fingerprint density at radius 3 is 2.46 bits per heavy atom. The highest BCUT2D eigenvalue weighted by Crippen LogP contribution is 2.29. The van der Waals surface area contributed by atoms with Gasteiger partial charge in [-0.25, -0.2) is 4.79 Å². The van der Waals surface area contributed by atoms with Crippen LogP contribution in [0.15, 0.2) is 34.8 Å². The molecule has 2 aromatic carbocycles. The molecule has 1 amide bonds. The summed E-state index contributed by atoms with van der Waals surface area (Å²) in [6.45, 7) is 0. The summed E-state index contributed by atoms with van der Waals surface area (Å²) in [4.78, 5) is 23.6. The molecular formula is C16H11BrCl2N2O4S. The second-order valence-electron chi connectivity index (χ2n) is 4.87. The van der Waals surface area contributed by atoms with Gasteiger partial charge in [-0.1, -0.05) is 39.1 Å². The molecule has 0 atom stereocenters. The summed E-state index contributed by atoms with van der Waals surface area (Å²) in [5, 5.41) is 14.3. The number of amides is 1. The van der Waals surface area contributed by atoms with Crippen LogP contribution in [0.25, 0.3) is 0 Å². The van der Waals surface area contributed by atoms with E-state index in [0.717, 1.165) is 0 Å². The maximum Gasteiger partial charge on any atom is 0.337 e. The Morgan fingerprint density at radius 2 is 1.85 bits per heavy atom. The van der Waals surface area contributed by atoms with Gasteiger partial charge in [-0.3, -0.25) is 10.1 Å². The molecule has 0 aliphatic rings. The topological polar surface area (TPSA) is 87.7 Å². The molecule has 0 aliphatic heterocycles. The number of rotatable bonds is 4. The Kier molecular flexibility index (Phi) is 6.82. The molecular weight excluding hydrogens is 467 g/mol. The third kappa shape index (κ3) is 4.85. The van der Waals surface area contributed by atoms with Gasteiger partial charge in [-0.2, -0.15) is 0 Å². The molecule has 0 bridgehead atoms. The van der Waals surface area contributed by atoms with Crippen molar-refractivity contribution in [1.82, 2.24) is 5.32 Å². The molecule has 2 aromatic rings. The molecule has 0 saturated heterocycles. The number of thiocarbonyl (C=S) groups is 1. The molecule has 3 N–H and O–H groups in total. The lowest BCUT2D eigenvalue weighted by atomic mass is 10.2. The van der Waals surface area contributed by atoms with Crippen molar-refractivity contribution in [2.24, 2.45) is 0 Å². The summed E-state index contributed by atoms with van der Waals surface area (Å²) in [6.07, 6.45) is 0. The van der Waals surface area contributed by atoms with Crippen molar-refractivity contribution >= 4 is 74.0 Å². The molecule has 0 fully saturated rings. The Hall–Kier alpha value is -1.87. The fourth-order valence-electron chi connectivity index (χ4n) is 1.99. The predicted molar refractivity (Wildman–Crippen MR) is 108 cm³/mol. The van der Waals surface area contributed by atoms with E-state index in [1.807, 2.05) is 0 Å². The van der Waals surface area contributed by atoms with Crippen LogP contribution in [-0.4, -0.2) is 29.2 Å². The number of benzene rings is 2. The molecule has 0 saturated carbocycles. The fraction of sp³-hybridized carbons (Fsp3) is 0.0625. The van der Waals surface area contributed by atoms with E-state index in [0.29, 0.717) is 10.2 Å². The number of carbonyl (C=O) groups is 2. The van der Waals surface area contributed by atoms with E-state index in [9.17, 15) is 9.59 Å². The first-order chi connectivity index (χ1) is 12.2. The van der Waals surface area contributed by atoms with Gasteiger partial charge in [0.25, 0.3) is 5.91 Å². The van der Waals surface area contributed by atoms with E-state index < -0.39 is 11.9 Å². The van der Waals surface area contributed by atoms with E-state index in [1.54, 1.807) is 18.2 Å². The quantitative estimate of drug-likeness (QED) is 0.558. The van der Waals surface area contributed by atoms with Crippen LogP contribution in [0.1, 0.15) is 20.7 Å². The zero-order chi connectivity index (χ0) is 19.4. The maximum atomic E-state index is 12.4. The summed E-state index contributed by atoms with van der Waals surface area (Å²) >= 11 is 20.2. The van der Waals surface area contributed by atoms with Crippen molar-refractivity contribution in [3.63, 3.8) is 0 Å². The zero-order valence-electron chi connectivity index (χ0n) is 13.1. The standard InChI is InChI=1S/C16H11BrCl2N2O4S/c1-25-13-3-2-7(17)4-9(13)14(22)21-16(26)20-12-5-8(15(23)24)10(18)6-11(12)19/h2-6H,1H3,(H,23,24)(H2,20,21,22,26). The molecule has 6 nitrogen and oxygen atoms in total. The lowest BCUT2D eigenvalue weighted by Gasteiger charge is -2.13. The number of methoxy groups -OCH3 is 1. The van der Waals surface area contributed by atoms with Gasteiger partial charge < -0.3 is 15.2 Å². The predicted octanol–water partition coefficient (Wildman–Crippen LogP) is 4.59. The molecule has 0 aromatic heterocycles. The van der Waals surface area contributed by atoms with Gasteiger partial charge in [0.2, 0.25) is 0 Å². The lowest BCUT2D eigenvalue weighted by Crippen LogP contribution is -2.34. The van der Waals surface area contributed by atoms with Crippen LogP contribution in [-0.2, 0) is 0 Å². The Bertz CT molecular complexity index is 908. The Balaban J connectivity index is 2.19. The first-order valence-corrected chi connectivity index (χ1v) is 8.87. The highest BCUT2D eigenvalue weighted by atomic mass is 79.9. The minimum absolute atomic E-state index is 0.0122. The van der Waals surface area contributed by atoms with Gasteiger partial charge in [0, 0.05) is 4.47 Å². The van der Waals surface area contributed by atoms with E-state index in [1.165, 1.54) is 19.2 Å². The minimum atomic E-state index is -1.22. The number of hydrogen-bond acceptors (Lipinski definition) is 4. The van der Waals surface area contributed by atoms with Gasteiger partial charge >= 0.3 is 5.97 Å². The third-order valence-electron chi connectivity index (χ3n) is 3.17. The van der Waals surface area contributed by atoms with Gasteiger partial charge in [-0.05, 0) is 42.5 Å². The van der Waals surface area contributed by atoms with Crippen molar-refractivity contribution < 1.29 is 19.4 Å². The third-order valence-corrected chi connectivity index (χ3v) is 4.49. The van der Waals surface area contributed by atoms with Gasteiger partial charge in [-0.15, -0.1) is 0 Å². The molecule has 26 heavy (non-hydrogen) atoms. The first kappa shape index (κ1) is 20.4. The highest BCUT2D eigenvalue weighted by molar-refractivity contribution is 9.10. The number of aromatic carboxylic acids is 1. The lowest BCUT2D eigenvalue weighted by molar-refractivity contribution is 0.0697. The normalized spacial score (nSPS) is 10.2. The summed E-state index contributed by atoms with van der Waals surface area (Å²) < 4.78 is 5.84. The maximum absolute atomic E-state index is 12.4. The SMILES string of the molecule is COc1ccc(Br)cc1C(=O)NC(=S)Nc1cc(C(=O)O)c(Cl)cc1Cl. The summed E-state index contributed by atoms with van der Waals surface area (Å²) in [6, 6.07) is 7.44. The average Bonchev–Trinajstić information content (AvgIpc) is 2.56. The number of nitrogens with one attached hydrogen (secondary N) is 2. The van der Waals surface area contributed by atoms with Crippen LogP contribution in [0.2, 0.25) is 10.0 Å². The number of ether oxygens (including phenoxy) is 1. The molecule has 0 aliphatic carbocycles. The van der Waals surface area contributed by atoms with Gasteiger partial charge in [0.1, 0.15) is 5.75 Å².